The molecule has 0 bridgehead atoms. The Labute approximate surface area is 130 Å². The molecule has 0 rings (SSSR count). The van der Waals surface area contributed by atoms with Crippen molar-refractivity contribution in [1.29, 1.82) is 0 Å². The van der Waals surface area contributed by atoms with Gasteiger partial charge in [0.05, 0.1) is 6.54 Å². The van der Waals surface area contributed by atoms with Crippen LogP contribution in [-0.2, 0) is 0 Å². The molecule has 1 unspecified atom stereocenters. The van der Waals surface area contributed by atoms with Gasteiger partial charge in [-0.1, -0.05) is 13.8 Å². The number of rotatable bonds is 7. The topological polar surface area (TPSA) is 39.7 Å². The lowest BCUT2D eigenvalue weighted by atomic mass is 10.0. The van der Waals surface area contributed by atoms with Crippen LogP contribution in [0.25, 0.3) is 0 Å². The summed E-state index contributed by atoms with van der Waals surface area (Å²) in [4.78, 5) is 6.89. The van der Waals surface area contributed by atoms with Crippen LogP contribution in [0.15, 0.2) is 4.99 Å². The van der Waals surface area contributed by atoms with Crippen molar-refractivity contribution in [2.45, 2.75) is 40.2 Å². The highest BCUT2D eigenvalue weighted by atomic mass is 127. The van der Waals surface area contributed by atoms with E-state index in [0.29, 0.717) is 12.0 Å². The van der Waals surface area contributed by atoms with Crippen LogP contribution in [0, 0.1) is 5.92 Å². The van der Waals surface area contributed by atoms with E-state index in [1.165, 1.54) is 6.42 Å². The van der Waals surface area contributed by atoms with Crippen molar-refractivity contribution in [2.24, 2.45) is 10.9 Å². The van der Waals surface area contributed by atoms with Gasteiger partial charge in [0.1, 0.15) is 0 Å². The summed E-state index contributed by atoms with van der Waals surface area (Å²) >= 11 is 0. The van der Waals surface area contributed by atoms with Crippen molar-refractivity contribution in [3.05, 3.63) is 0 Å². The highest BCUT2D eigenvalue weighted by molar-refractivity contribution is 14.0. The van der Waals surface area contributed by atoms with E-state index in [2.05, 4.69) is 62.3 Å². The van der Waals surface area contributed by atoms with E-state index in [-0.39, 0.29) is 24.0 Å². The number of hydrogen-bond acceptors (Lipinski definition) is 2. The van der Waals surface area contributed by atoms with Gasteiger partial charge < -0.3 is 15.5 Å². The molecule has 0 aromatic rings. The van der Waals surface area contributed by atoms with E-state index in [0.717, 1.165) is 25.6 Å². The smallest absolute Gasteiger partial charge is 0.191 e. The minimum Gasteiger partial charge on any atom is -0.357 e. The average Bonchev–Trinajstić information content (AvgIpc) is 2.23. The third-order valence-corrected chi connectivity index (χ3v) is 2.62. The van der Waals surface area contributed by atoms with E-state index >= 15 is 0 Å². The zero-order valence-corrected chi connectivity index (χ0v) is 15.1. The quantitative estimate of drug-likeness (QED) is 0.410. The number of nitrogens with one attached hydrogen (secondary N) is 2. The van der Waals surface area contributed by atoms with Gasteiger partial charge in [0.15, 0.2) is 5.96 Å². The molecule has 0 radical (unpaired) electrons. The molecule has 0 fully saturated rings. The van der Waals surface area contributed by atoms with Gasteiger partial charge in [0.25, 0.3) is 0 Å². The maximum absolute atomic E-state index is 4.63. The van der Waals surface area contributed by atoms with E-state index in [4.69, 9.17) is 0 Å². The summed E-state index contributed by atoms with van der Waals surface area (Å²) in [6, 6.07) is 0.516. The largest absolute Gasteiger partial charge is 0.357 e. The van der Waals surface area contributed by atoms with Gasteiger partial charge in [-0.2, -0.15) is 0 Å². The summed E-state index contributed by atoms with van der Waals surface area (Å²) in [6.07, 6.45) is 1.18. The van der Waals surface area contributed by atoms with Gasteiger partial charge in [-0.3, -0.25) is 4.99 Å². The first kappa shape index (κ1) is 20.3. The van der Waals surface area contributed by atoms with Crippen LogP contribution in [0.4, 0.5) is 0 Å². The Morgan fingerprint density at radius 2 is 1.61 bits per heavy atom. The van der Waals surface area contributed by atoms with Gasteiger partial charge in [-0.25, -0.2) is 0 Å². The fraction of sp³-hybridized carbons (Fsp3) is 0.923. The van der Waals surface area contributed by atoms with E-state index in [9.17, 15) is 0 Å². The molecule has 0 aliphatic heterocycles. The van der Waals surface area contributed by atoms with Gasteiger partial charge in [0.2, 0.25) is 0 Å². The Balaban J connectivity index is 0. The molecule has 0 saturated carbocycles. The summed E-state index contributed by atoms with van der Waals surface area (Å²) in [5.41, 5.74) is 0. The van der Waals surface area contributed by atoms with Crippen molar-refractivity contribution in [3.63, 3.8) is 0 Å². The van der Waals surface area contributed by atoms with Crippen molar-refractivity contribution < 1.29 is 0 Å². The molecule has 5 heteroatoms. The Morgan fingerprint density at radius 1 is 1.11 bits per heavy atom. The summed E-state index contributed by atoms with van der Waals surface area (Å²) < 4.78 is 0. The van der Waals surface area contributed by atoms with E-state index in [1.54, 1.807) is 0 Å². The predicted octanol–water partition coefficient (Wildman–Crippen LogP) is 2.16. The molecule has 0 aromatic heterocycles. The van der Waals surface area contributed by atoms with Gasteiger partial charge in [-0.05, 0) is 40.3 Å². The lowest BCUT2D eigenvalue weighted by molar-refractivity contribution is 0.261. The van der Waals surface area contributed by atoms with Crippen molar-refractivity contribution in [2.75, 3.05) is 33.7 Å². The molecule has 0 heterocycles. The van der Waals surface area contributed by atoms with Crippen LogP contribution in [0.2, 0.25) is 0 Å². The molecule has 0 aromatic carbocycles. The van der Waals surface area contributed by atoms with Crippen LogP contribution in [0.3, 0.4) is 0 Å². The first-order chi connectivity index (χ1) is 8.01. The lowest BCUT2D eigenvalue weighted by Gasteiger charge is -2.24. The van der Waals surface area contributed by atoms with Gasteiger partial charge in [-0.15, -0.1) is 24.0 Å². The molecule has 4 nitrogen and oxygen atoms in total. The molecular weight excluding hydrogens is 339 g/mol. The number of likely N-dealkylation sites (N-methyl/N-ethyl adjacent to an activating group) is 1. The number of aliphatic imine (C=N–C) groups is 1. The van der Waals surface area contributed by atoms with Crippen LogP contribution in [0.5, 0.6) is 0 Å². The van der Waals surface area contributed by atoms with E-state index in [1.807, 2.05) is 0 Å². The lowest BCUT2D eigenvalue weighted by Crippen LogP contribution is -2.39. The molecule has 110 valence electrons. The molecule has 2 N–H and O–H groups in total. The fourth-order valence-electron chi connectivity index (χ4n) is 1.70. The first-order valence-corrected chi connectivity index (χ1v) is 6.69. The fourth-order valence-corrected chi connectivity index (χ4v) is 1.70. The molecule has 0 amide bonds. The predicted molar refractivity (Wildman–Crippen MR) is 92.0 cm³/mol. The summed E-state index contributed by atoms with van der Waals surface area (Å²) in [5, 5.41) is 6.50. The number of halogens is 1. The second kappa shape index (κ2) is 12.0. The SMILES string of the molecule is CCNC(=NCC(CC(C)C)N(C)C)NCC.I. The number of guanidine groups is 1. The second-order valence-corrected chi connectivity index (χ2v) is 5.00. The van der Waals surface area contributed by atoms with E-state index < -0.39 is 0 Å². The Kier molecular flexibility index (Phi) is 13.5. The number of nitrogens with zero attached hydrogens (tertiary/aromatic N) is 2. The zero-order chi connectivity index (χ0) is 13.3. The minimum atomic E-state index is 0. The Bertz CT molecular complexity index is 209. The van der Waals surface area contributed by atoms with Gasteiger partial charge >= 0.3 is 0 Å². The summed E-state index contributed by atoms with van der Waals surface area (Å²) in [5.74, 6) is 1.63. The third-order valence-electron chi connectivity index (χ3n) is 2.62. The summed E-state index contributed by atoms with van der Waals surface area (Å²) in [7, 11) is 4.26. The molecule has 0 saturated heterocycles. The monoisotopic (exact) mass is 370 g/mol. The summed E-state index contributed by atoms with van der Waals surface area (Å²) in [6.45, 7) is 11.4. The van der Waals surface area contributed by atoms with Crippen LogP contribution < -0.4 is 10.6 Å². The van der Waals surface area contributed by atoms with Crippen molar-refractivity contribution in [1.82, 2.24) is 15.5 Å². The van der Waals surface area contributed by atoms with Crippen LogP contribution in [0.1, 0.15) is 34.1 Å². The highest BCUT2D eigenvalue weighted by Gasteiger charge is 2.12. The molecular formula is C13H31IN4. The molecule has 18 heavy (non-hydrogen) atoms. The highest BCUT2D eigenvalue weighted by Crippen LogP contribution is 2.09. The second-order valence-electron chi connectivity index (χ2n) is 5.00. The maximum atomic E-state index is 4.63. The van der Waals surface area contributed by atoms with Crippen LogP contribution >= 0.6 is 24.0 Å². The Hall–Kier alpha value is -0.0400. The average molecular weight is 370 g/mol. The Morgan fingerprint density at radius 3 is 1.94 bits per heavy atom. The molecule has 0 aliphatic rings. The van der Waals surface area contributed by atoms with Crippen molar-refractivity contribution in [3.8, 4) is 0 Å². The normalized spacial score (nSPS) is 12.0. The van der Waals surface area contributed by atoms with Gasteiger partial charge in [0, 0.05) is 19.1 Å². The maximum Gasteiger partial charge on any atom is 0.191 e. The minimum absolute atomic E-state index is 0. The van der Waals surface area contributed by atoms with Crippen molar-refractivity contribution >= 4 is 29.9 Å². The third kappa shape index (κ3) is 9.94. The first-order valence-electron chi connectivity index (χ1n) is 6.69. The van der Waals surface area contributed by atoms with Crippen LogP contribution in [-0.4, -0.2) is 50.6 Å². The number of hydrogen-bond donors (Lipinski definition) is 2. The standard InChI is InChI=1S/C13H30N4.HI/c1-7-14-13(15-8-2)16-10-12(17(5)6)9-11(3)4;/h11-12H,7-10H2,1-6H3,(H2,14,15,16);1H. The zero-order valence-electron chi connectivity index (χ0n) is 12.8. The molecule has 0 aliphatic carbocycles. The molecule has 1 atom stereocenters. The molecule has 0 spiro atoms.